The minimum absolute atomic E-state index is 0.126. The van der Waals surface area contributed by atoms with Crippen molar-refractivity contribution in [3.8, 4) is 11.1 Å². The van der Waals surface area contributed by atoms with Crippen molar-refractivity contribution in [3.63, 3.8) is 0 Å². The Morgan fingerprint density at radius 2 is 1.47 bits per heavy atom. The van der Waals surface area contributed by atoms with Crippen LogP contribution in [-0.4, -0.2) is 0 Å². The van der Waals surface area contributed by atoms with Crippen LogP contribution in [0.2, 0.25) is 0 Å². The number of hydrogen-bond acceptors (Lipinski definition) is 0. The molecule has 0 saturated heterocycles. The molecule has 1 saturated carbocycles. The van der Waals surface area contributed by atoms with Gasteiger partial charge in [0.2, 0.25) is 0 Å². The van der Waals surface area contributed by atoms with E-state index in [0.717, 1.165) is 11.1 Å². The van der Waals surface area contributed by atoms with Gasteiger partial charge in [-0.25, -0.2) is 4.39 Å². The Bertz CT molecular complexity index is 527. The smallest absolute Gasteiger partial charge is 0.131 e. The summed E-state index contributed by atoms with van der Waals surface area (Å²) in [5.41, 5.74) is 3.11. The second-order valence-corrected chi connectivity index (χ2v) is 4.69. The van der Waals surface area contributed by atoms with Crippen LogP contribution in [0.3, 0.4) is 0 Å². The third-order valence-corrected chi connectivity index (χ3v) is 3.67. The van der Waals surface area contributed by atoms with Crippen molar-refractivity contribution < 1.29 is 4.39 Å². The lowest BCUT2D eigenvalue weighted by molar-refractivity contribution is 0.420. The van der Waals surface area contributed by atoms with Crippen molar-refractivity contribution in [1.29, 1.82) is 0 Å². The first-order valence-corrected chi connectivity index (χ1v) is 6.20. The van der Waals surface area contributed by atoms with Crippen LogP contribution in [0.15, 0.2) is 48.5 Å². The standard InChI is InChI=1S/C16H15F/c17-16-11-4-3-10-15(16)14-9-2-1-8-13(14)12-6-5-7-12/h1-4,8-12H,5-7H2. The van der Waals surface area contributed by atoms with Crippen molar-refractivity contribution >= 4 is 0 Å². The molecule has 17 heavy (non-hydrogen) atoms. The van der Waals surface area contributed by atoms with E-state index in [4.69, 9.17) is 0 Å². The van der Waals surface area contributed by atoms with Crippen molar-refractivity contribution in [3.05, 3.63) is 59.9 Å². The largest absolute Gasteiger partial charge is 0.206 e. The molecule has 0 heterocycles. The molecule has 1 heteroatoms. The van der Waals surface area contributed by atoms with E-state index >= 15 is 0 Å². The van der Waals surface area contributed by atoms with Gasteiger partial charge in [-0.15, -0.1) is 0 Å². The molecule has 86 valence electrons. The molecule has 1 aliphatic rings. The predicted molar refractivity (Wildman–Crippen MR) is 68.4 cm³/mol. The van der Waals surface area contributed by atoms with Gasteiger partial charge in [0.25, 0.3) is 0 Å². The predicted octanol–water partition coefficient (Wildman–Crippen LogP) is 4.76. The highest BCUT2D eigenvalue weighted by Gasteiger charge is 2.22. The summed E-state index contributed by atoms with van der Waals surface area (Å²) in [5, 5.41) is 0. The van der Waals surface area contributed by atoms with Gasteiger partial charge in [0.15, 0.2) is 0 Å². The molecular formula is C16H15F. The number of hydrogen-bond donors (Lipinski definition) is 0. The second kappa shape index (κ2) is 4.33. The molecule has 0 aliphatic heterocycles. The fourth-order valence-electron chi connectivity index (χ4n) is 2.50. The topological polar surface area (TPSA) is 0 Å². The van der Waals surface area contributed by atoms with Gasteiger partial charge >= 0.3 is 0 Å². The summed E-state index contributed by atoms with van der Waals surface area (Å²) in [6.45, 7) is 0. The minimum Gasteiger partial charge on any atom is -0.206 e. The zero-order chi connectivity index (χ0) is 11.7. The molecule has 0 amide bonds. The van der Waals surface area contributed by atoms with Gasteiger partial charge in [-0.2, -0.15) is 0 Å². The van der Waals surface area contributed by atoms with E-state index in [1.807, 2.05) is 24.3 Å². The highest BCUT2D eigenvalue weighted by molar-refractivity contribution is 5.68. The van der Waals surface area contributed by atoms with Gasteiger partial charge in [-0.05, 0) is 36.0 Å². The van der Waals surface area contributed by atoms with Gasteiger partial charge in [-0.1, -0.05) is 48.9 Å². The molecule has 3 rings (SSSR count). The SMILES string of the molecule is Fc1ccccc1-c1ccccc1C1CCC1. The van der Waals surface area contributed by atoms with Crippen LogP contribution >= 0.6 is 0 Å². The molecule has 0 radical (unpaired) electrons. The summed E-state index contributed by atoms with van der Waals surface area (Å²) in [7, 11) is 0. The van der Waals surface area contributed by atoms with E-state index in [9.17, 15) is 4.39 Å². The fraction of sp³-hybridized carbons (Fsp3) is 0.250. The summed E-state index contributed by atoms with van der Waals surface area (Å²) >= 11 is 0. The van der Waals surface area contributed by atoms with Crippen LogP contribution in [0.1, 0.15) is 30.7 Å². The van der Waals surface area contributed by atoms with E-state index < -0.39 is 0 Å². The lowest BCUT2D eigenvalue weighted by Crippen LogP contribution is -2.10. The van der Waals surface area contributed by atoms with Gasteiger partial charge in [0.05, 0.1) is 0 Å². The van der Waals surface area contributed by atoms with Gasteiger partial charge in [0.1, 0.15) is 5.82 Å². The Kier molecular flexibility index (Phi) is 2.68. The van der Waals surface area contributed by atoms with Gasteiger partial charge in [0, 0.05) is 5.56 Å². The molecular weight excluding hydrogens is 211 g/mol. The Morgan fingerprint density at radius 3 is 2.12 bits per heavy atom. The van der Waals surface area contributed by atoms with Gasteiger partial charge in [-0.3, -0.25) is 0 Å². The normalized spacial score (nSPS) is 15.6. The maximum absolute atomic E-state index is 13.8. The summed E-state index contributed by atoms with van der Waals surface area (Å²) in [6, 6.07) is 15.3. The zero-order valence-electron chi connectivity index (χ0n) is 9.70. The first-order chi connectivity index (χ1) is 8.36. The minimum atomic E-state index is -0.126. The molecule has 1 aliphatic carbocycles. The molecule has 0 N–H and O–H groups in total. The maximum Gasteiger partial charge on any atom is 0.131 e. The van der Waals surface area contributed by atoms with Crippen LogP contribution in [-0.2, 0) is 0 Å². The average Bonchev–Trinajstić information content (AvgIpc) is 2.29. The lowest BCUT2D eigenvalue weighted by atomic mass is 9.77. The maximum atomic E-state index is 13.8. The first kappa shape index (κ1) is 10.5. The summed E-state index contributed by atoms with van der Waals surface area (Å²) in [6.07, 6.45) is 3.78. The van der Waals surface area contributed by atoms with Crippen LogP contribution in [0, 0.1) is 5.82 Å². The summed E-state index contributed by atoms with van der Waals surface area (Å²) in [5.74, 6) is 0.505. The summed E-state index contributed by atoms with van der Waals surface area (Å²) < 4.78 is 13.8. The number of halogens is 1. The molecule has 0 nitrogen and oxygen atoms in total. The quantitative estimate of drug-likeness (QED) is 0.692. The summed E-state index contributed by atoms with van der Waals surface area (Å²) in [4.78, 5) is 0. The molecule has 2 aromatic carbocycles. The molecule has 1 fully saturated rings. The highest BCUT2D eigenvalue weighted by Crippen LogP contribution is 2.41. The number of rotatable bonds is 2. The van der Waals surface area contributed by atoms with Crippen LogP contribution in [0.5, 0.6) is 0 Å². The lowest BCUT2D eigenvalue weighted by Gasteiger charge is -2.28. The Hall–Kier alpha value is -1.63. The molecule has 0 aromatic heterocycles. The van der Waals surface area contributed by atoms with E-state index in [1.54, 1.807) is 6.07 Å². The van der Waals surface area contributed by atoms with Crippen LogP contribution < -0.4 is 0 Å². The molecule has 0 unspecified atom stereocenters. The molecule has 0 atom stereocenters. The van der Waals surface area contributed by atoms with Crippen molar-refractivity contribution in [1.82, 2.24) is 0 Å². The van der Waals surface area contributed by atoms with E-state index in [-0.39, 0.29) is 5.82 Å². The van der Waals surface area contributed by atoms with Crippen LogP contribution in [0.25, 0.3) is 11.1 Å². The third-order valence-electron chi connectivity index (χ3n) is 3.67. The molecule has 0 spiro atoms. The molecule has 2 aromatic rings. The van der Waals surface area contributed by atoms with Crippen LogP contribution in [0.4, 0.5) is 4.39 Å². The third kappa shape index (κ3) is 1.86. The number of benzene rings is 2. The van der Waals surface area contributed by atoms with E-state index in [2.05, 4.69) is 12.1 Å². The Balaban J connectivity index is 2.11. The second-order valence-electron chi connectivity index (χ2n) is 4.69. The fourth-order valence-corrected chi connectivity index (χ4v) is 2.50. The highest BCUT2D eigenvalue weighted by atomic mass is 19.1. The molecule has 0 bridgehead atoms. The van der Waals surface area contributed by atoms with E-state index in [0.29, 0.717) is 5.92 Å². The van der Waals surface area contributed by atoms with Crippen molar-refractivity contribution in [2.45, 2.75) is 25.2 Å². The van der Waals surface area contributed by atoms with E-state index in [1.165, 1.54) is 30.9 Å². The first-order valence-electron chi connectivity index (χ1n) is 6.20. The Morgan fingerprint density at radius 1 is 0.824 bits per heavy atom. The van der Waals surface area contributed by atoms with Crippen molar-refractivity contribution in [2.75, 3.05) is 0 Å². The van der Waals surface area contributed by atoms with Crippen molar-refractivity contribution in [2.24, 2.45) is 0 Å². The van der Waals surface area contributed by atoms with Gasteiger partial charge < -0.3 is 0 Å². The average molecular weight is 226 g/mol. The monoisotopic (exact) mass is 226 g/mol. The zero-order valence-corrected chi connectivity index (χ0v) is 9.70. The Labute approximate surface area is 101 Å².